The molecule has 0 radical (unpaired) electrons. The van der Waals surface area contributed by atoms with E-state index >= 15 is 0 Å². The number of amides is 1. The highest BCUT2D eigenvalue weighted by molar-refractivity contribution is 7.92. The number of carbonyl (C=O) groups excluding carboxylic acids is 1. The van der Waals surface area contributed by atoms with E-state index in [1.807, 2.05) is 86.6 Å². The molecule has 34 heavy (non-hydrogen) atoms. The van der Waals surface area contributed by atoms with Crippen LogP contribution in [0.1, 0.15) is 40.6 Å². The van der Waals surface area contributed by atoms with E-state index in [0.29, 0.717) is 26.1 Å². The maximum atomic E-state index is 13.5. The van der Waals surface area contributed by atoms with Crippen molar-refractivity contribution in [1.82, 2.24) is 9.21 Å². The van der Waals surface area contributed by atoms with Crippen molar-refractivity contribution in [2.75, 3.05) is 13.1 Å². The molecule has 3 rings (SSSR count). The number of unbranched alkanes of at least 4 members (excludes halogenated alkanes) is 1. The van der Waals surface area contributed by atoms with Gasteiger partial charge in [-0.25, -0.2) is 8.42 Å². The minimum absolute atomic E-state index is 0.182. The van der Waals surface area contributed by atoms with E-state index in [9.17, 15) is 13.2 Å². The van der Waals surface area contributed by atoms with Gasteiger partial charge in [-0.2, -0.15) is 4.31 Å². The van der Waals surface area contributed by atoms with Crippen molar-refractivity contribution in [3.8, 4) is 0 Å². The number of nitrogens with zero attached hydrogens (tertiary/aromatic N) is 2. The van der Waals surface area contributed by atoms with Gasteiger partial charge in [0.1, 0.15) is 0 Å². The molecule has 0 aliphatic carbocycles. The minimum atomic E-state index is -3.76. The Morgan fingerprint density at radius 3 is 2.24 bits per heavy atom. The van der Waals surface area contributed by atoms with Gasteiger partial charge in [0, 0.05) is 28.3 Å². The molecule has 0 saturated carbocycles. The molecule has 0 unspecified atom stereocenters. The zero-order valence-corrected chi connectivity index (χ0v) is 21.4. The van der Waals surface area contributed by atoms with Crippen molar-refractivity contribution >= 4 is 33.3 Å². The lowest BCUT2D eigenvalue weighted by Crippen LogP contribution is -2.42. The summed E-state index contributed by atoms with van der Waals surface area (Å²) in [6, 6.07) is 23.1. The van der Waals surface area contributed by atoms with Gasteiger partial charge in [0.05, 0.1) is 13.1 Å². The van der Waals surface area contributed by atoms with Gasteiger partial charge in [-0.3, -0.25) is 4.79 Å². The van der Waals surface area contributed by atoms with Crippen molar-refractivity contribution in [3.63, 3.8) is 0 Å². The van der Waals surface area contributed by atoms with Gasteiger partial charge in [0.15, 0.2) is 0 Å². The number of sulfonamides is 1. The number of thiophene rings is 1. The third kappa shape index (κ3) is 7.94. The number of hydrogen-bond donors (Lipinski definition) is 0. The van der Waals surface area contributed by atoms with E-state index in [0.717, 1.165) is 22.4 Å². The second-order valence-corrected chi connectivity index (χ2v) is 11.4. The predicted molar refractivity (Wildman–Crippen MR) is 141 cm³/mol. The van der Waals surface area contributed by atoms with Crippen LogP contribution in [0.25, 0.3) is 6.08 Å². The Hall–Kier alpha value is -2.74. The lowest BCUT2D eigenvalue weighted by atomic mass is 10.2. The Bertz CT molecular complexity index is 1170. The molecular formula is C27H32N2O3S2. The summed E-state index contributed by atoms with van der Waals surface area (Å²) in [6.07, 6.45) is 3.11. The monoisotopic (exact) mass is 496 g/mol. The first kappa shape index (κ1) is 25.9. The molecule has 7 heteroatoms. The summed E-state index contributed by atoms with van der Waals surface area (Å²) >= 11 is 1.65. The molecule has 0 aliphatic heterocycles. The molecular weight excluding hydrogens is 464 g/mol. The summed E-state index contributed by atoms with van der Waals surface area (Å²) in [5.74, 6) is -0.206. The van der Waals surface area contributed by atoms with Crippen LogP contribution >= 0.6 is 11.3 Å². The summed E-state index contributed by atoms with van der Waals surface area (Å²) in [7, 11) is -3.76. The minimum Gasteiger partial charge on any atom is -0.332 e. The topological polar surface area (TPSA) is 57.7 Å². The van der Waals surface area contributed by atoms with Crippen LogP contribution < -0.4 is 0 Å². The van der Waals surface area contributed by atoms with Crippen LogP contribution in [0.2, 0.25) is 0 Å². The number of carbonyl (C=O) groups is 1. The Balaban J connectivity index is 1.80. The van der Waals surface area contributed by atoms with Crippen LogP contribution in [0.15, 0.2) is 78.2 Å². The van der Waals surface area contributed by atoms with Gasteiger partial charge in [-0.1, -0.05) is 74.0 Å². The van der Waals surface area contributed by atoms with Crippen LogP contribution in [0.5, 0.6) is 0 Å². The highest BCUT2D eigenvalue weighted by atomic mass is 32.2. The zero-order chi connectivity index (χ0) is 24.4. The highest BCUT2D eigenvalue weighted by Gasteiger charge is 2.25. The molecule has 0 fully saturated rings. The van der Waals surface area contributed by atoms with Crippen LogP contribution in [-0.2, 0) is 27.9 Å². The molecule has 5 nitrogen and oxygen atoms in total. The molecule has 1 amide bonds. The molecule has 180 valence electrons. The lowest BCUT2D eigenvalue weighted by molar-refractivity contribution is -0.132. The largest absolute Gasteiger partial charge is 0.332 e. The standard InChI is InChI=1S/C27H32N2O3S2/c1-3-4-18-29(34(31,32)19-17-24-11-7-5-8-12-24)22-27(30)28(20-25-13-9-6-10-14-25)21-26-16-15-23(2)33-26/h5-17,19H,3-4,18,20-22H2,1-2H3. The smallest absolute Gasteiger partial charge is 0.238 e. The normalized spacial score (nSPS) is 11.9. The molecule has 0 spiro atoms. The first-order chi connectivity index (χ1) is 16.4. The fourth-order valence-electron chi connectivity index (χ4n) is 3.49. The van der Waals surface area contributed by atoms with Crippen LogP contribution in [0, 0.1) is 6.92 Å². The Labute approximate surface area is 207 Å². The van der Waals surface area contributed by atoms with Gasteiger partial charge in [0.2, 0.25) is 15.9 Å². The average molecular weight is 497 g/mol. The van der Waals surface area contributed by atoms with Crippen LogP contribution in [0.4, 0.5) is 0 Å². The number of hydrogen-bond acceptors (Lipinski definition) is 4. The van der Waals surface area contributed by atoms with Gasteiger partial charge in [0.25, 0.3) is 0 Å². The highest BCUT2D eigenvalue weighted by Crippen LogP contribution is 2.19. The summed E-state index contributed by atoms with van der Waals surface area (Å²) in [5.41, 5.74) is 1.81. The molecule has 1 aromatic heterocycles. The molecule has 2 aromatic carbocycles. The predicted octanol–water partition coefficient (Wildman–Crippen LogP) is 5.69. The Morgan fingerprint density at radius 2 is 1.62 bits per heavy atom. The van der Waals surface area contributed by atoms with Crippen LogP contribution in [-0.4, -0.2) is 36.6 Å². The van der Waals surface area contributed by atoms with E-state index in [1.54, 1.807) is 22.3 Å². The molecule has 0 N–H and O–H groups in total. The van der Waals surface area contributed by atoms with Gasteiger partial charge in [-0.15, -0.1) is 11.3 Å². The van der Waals surface area contributed by atoms with Gasteiger partial charge in [-0.05, 0) is 42.7 Å². The van der Waals surface area contributed by atoms with Gasteiger partial charge >= 0.3 is 0 Å². The van der Waals surface area contributed by atoms with E-state index < -0.39 is 10.0 Å². The molecule has 3 aromatic rings. The molecule has 1 heterocycles. The van der Waals surface area contributed by atoms with Crippen molar-refractivity contribution in [1.29, 1.82) is 0 Å². The maximum Gasteiger partial charge on any atom is 0.238 e. The van der Waals surface area contributed by atoms with Gasteiger partial charge < -0.3 is 4.90 Å². The third-order valence-electron chi connectivity index (χ3n) is 5.38. The molecule has 0 atom stereocenters. The van der Waals surface area contributed by atoms with Crippen molar-refractivity contribution in [2.24, 2.45) is 0 Å². The Kier molecular flexibility index (Phi) is 9.62. The fraction of sp³-hybridized carbons (Fsp3) is 0.296. The first-order valence-corrected chi connectivity index (χ1v) is 13.8. The number of benzene rings is 2. The quantitative estimate of drug-likeness (QED) is 0.324. The van der Waals surface area contributed by atoms with Crippen molar-refractivity contribution < 1.29 is 13.2 Å². The van der Waals surface area contributed by atoms with Crippen molar-refractivity contribution in [2.45, 2.75) is 39.8 Å². The number of aryl methyl sites for hydroxylation is 1. The van der Waals surface area contributed by atoms with E-state index in [2.05, 4.69) is 0 Å². The Morgan fingerprint density at radius 1 is 0.941 bits per heavy atom. The molecule has 0 bridgehead atoms. The average Bonchev–Trinajstić information content (AvgIpc) is 3.25. The fourth-order valence-corrected chi connectivity index (χ4v) is 5.57. The summed E-state index contributed by atoms with van der Waals surface area (Å²) in [4.78, 5) is 17.5. The molecule has 0 saturated heterocycles. The van der Waals surface area contributed by atoms with E-state index in [-0.39, 0.29) is 12.5 Å². The second kappa shape index (κ2) is 12.6. The maximum absolute atomic E-state index is 13.5. The summed E-state index contributed by atoms with van der Waals surface area (Å²) in [5, 5.41) is 1.20. The van der Waals surface area contributed by atoms with Crippen molar-refractivity contribution in [3.05, 3.63) is 99.1 Å². The number of rotatable bonds is 12. The van der Waals surface area contributed by atoms with Crippen LogP contribution in [0.3, 0.4) is 0 Å². The van der Waals surface area contributed by atoms with E-state index in [4.69, 9.17) is 0 Å². The lowest BCUT2D eigenvalue weighted by Gasteiger charge is -2.26. The molecule has 0 aliphatic rings. The zero-order valence-electron chi connectivity index (χ0n) is 19.8. The SMILES string of the molecule is CCCCN(CC(=O)N(Cc1ccccc1)Cc1ccc(C)s1)S(=O)(=O)C=Cc1ccccc1. The summed E-state index contributed by atoms with van der Waals surface area (Å²) in [6.45, 7) is 5.05. The van der Waals surface area contributed by atoms with E-state index in [1.165, 1.54) is 14.6 Å². The summed E-state index contributed by atoms with van der Waals surface area (Å²) < 4.78 is 27.6. The first-order valence-electron chi connectivity index (χ1n) is 11.5. The third-order valence-corrected chi connectivity index (χ3v) is 7.87. The second-order valence-electron chi connectivity index (χ2n) is 8.19.